The number of benzene rings is 1. The highest BCUT2D eigenvalue weighted by Gasteiger charge is 2.51. The molecular formula is C17H25BO5. The Bertz CT molecular complexity index is 555. The summed E-state index contributed by atoms with van der Waals surface area (Å²) in [7, 11) is 1.55. The van der Waals surface area contributed by atoms with Gasteiger partial charge in [0, 0.05) is 7.11 Å². The fourth-order valence-electron chi connectivity index (χ4n) is 3.91. The summed E-state index contributed by atoms with van der Waals surface area (Å²) in [5, 5.41) is 10.6. The first-order chi connectivity index (χ1) is 10.9. The van der Waals surface area contributed by atoms with Crippen LogP contribution in [0.5, 0.6) is 0 Å². The van der Waals surface area contributed by atoms with Crippen molar-refractivity contribution in [2.75, 3.05) is 13.7 Å². The van der Waals surface area contributed by atoms with Crippen LogP contribution in [-0.2, 0) is 18.9 Å². The molecule has 1 aromatic carbocycles. The lowest BCUT2D eigenvalue weighted by Gasteiger charge is -2.38. The van der Waals surface area contributed by atoms with Crippen molar-refractivity contribution in [2.24, 2.45) is 0 Å². The molecule has 2 heterocycles. The van der Waals surface area contributed by atoms with E-state index in [2.05, 4.69) is 32.9 Å². The molecule has 0 amide bonds. The molecular weight excluding hydrogens is 295 g/mol. The lowest BCUT2D eigenvalue weighted by atomic mass is 9.59. The molecule has 6 heteroatoms. The molecule has 23 heavy (non-hydrogen) atoms. The van der Waals surface area contributed by atoms with Crippen molar-refractivity contribution in [2.45, 2.75) is 58.3 Å². The number of aryl methyl sites for hydroxylation is 3. The van der Waals surface area contributed by atoms with Gasteiger partial charge >= 0.3 is 6.92 Å². The van der Waals surface area contributed by atoms with Crippen LogP contribution in [-0.4, -0.2) is 56.4 Å². The second-order valence-electron chi connectivity index (χ2n) is 6.62. The zero-order valence-electron chi connectivity index (χ0n) is 14.4. The Kier molecular flexibility index (Phi) is 4.81. The Morgan fingerprint density at radius 2 is 1.83 bits per heavy atom. The number of aliphatic hydroxyl groups excluding tert-OH is 1. The molecule has 2 aliphatic rings. The van der Waals surface area contributed by atoms with Gasteiger partial charge in [-0.05, 0) is 26.2 Å². The van der Waals surface area contributed by atoms with Crippen molar-refractivity contribution < 1.29 is 24.0 Å². The maximum Gasteiger partial charge on any atom is 0.324 e. The lowest BCUT2D eigenvalue weighted by Crippen LogP contribution is -2.57. The Morgan fingerprint density at radius 1 is 1.17 bits per heavy atom. The Morgan fingerprint density at radius 3 is 2.43 bits per heavy atom. The minimum atomic E-state index is -0.764. The summed E-state index contributed by atoms with van der Waals surface area (Å²) in [6.45, 7) is 8.57. The number of ether oxygens (including phenoxy) is 3. The van der Waals surface area contributed by atoms with Crippen LogP contribution in [0.25, 0.3) is 0 Å². The topological polar surface area (TPSA) is 57.2 Å². The SMILES string of the molecule is CO[C@H]1[C@@H]2OC[C@@H](O2)[C@@H](OB(C)c2c(C)cc(C)cc2C)[C@@H]1O. The summed E-state index contributed by atoms with van der Waals surface area (Å²) in [4.78, 5) is 0. The quantitative estimate of drug-likeness (QED) is 0.838. The van der Waals surface area contributed by atoms with E-state index in [9.17, 15) is 5.11 Å². The van der Waals surface area contributed by atoms with E-state index in [4.69, 9.17) is 18.9 Å². The van der Waals surface area contributed by atoms with Crippen molar-refractivity contribution in [1.29, 1.82) is 0 Å². The van der Waals surface area contributed by atoms with Crippen molar-refractivity contribution >= 4 is 12.4 Å². The summed E-state index contributed by atoms with van der Waals surface area (Å²) in [6, 6.07) is 4.31. The van der Waals surface area contributed by atoms with Crippen molar-refractivity contribution in [3.8, 4) is 0 Å². The average Bonchev–Trinajstić information content (AvgIpc) is 2.89. The monoisotopic (exact) mass is 320 g/mol. The molecule has 2 fully saturated rings. The molecule has 126 valence electrons. The summed E-state index contributed by atoms with van der Waals surface area (Å²) in [5.74, 6) is 0. The van der Waals surface area contributed by atoms with Gasteiger partial charge in [0.25, 0.3) is 0 Å². The smallest absolute Gasteiger partial charge is 0.324 e. The van der Waals surface area contributed by atoms with Gasteiger partial charge in [-0.3, -0.25) is 0 Å². The first-order valence-corrected chi connectivity index (χ1v) is 8.13. The standard InChI is InChI=1S/C17H25BO5/c1-9-6-10(2)13(11(3)7-9)18(4)23-15-12-8-21-17(22-12)16(20-5)14(15)19/h6-7,12,14-17,19H,8H2,1-5H3/t12-,14+,15-,16-,17-/m1/s1. The Hall–Kier alpha value is -0.915. The second kappa shape index (κ2) is 6.53. The van der Waals surface area contributed by atoms with Crippen molar-refractivity contribution in [3.05, 3.63) is 28.8 Å². The van der Waals surface area contributed by atoms with Crippen LogP contribution in [0, 0.1) is 20.8 Å². The number of hydrogen-bond acceptors (Lipinski definition) is 5. The first-order valence-electron chi connectivity index (χ1n) is 8.13. The third-order valence-corrected chi connectivity index (χ3v) is 4.82. The van der Waals surface area contributed by atoms with Gasteiger partial charge in [0.1, 0.15) is 18.3 Å². The molecule has 0 aromatic heterocycles. The summed E-state index contributed by atoms with van der Waals surface area (Å²) >= 11 is 0. The zero-order valence-corrected chi connectivity index (χ0v) is 14.4. The van der Waals surface area contributed by atoms with Gasteiger partial charge in [-0.1, -0.05) is 35.6 Å². The highest BCUT2D eigenvalue weighted by Crippen LogP contribution is 2.31. The number of methoxy groups -OCH3 is 1. The van der Waals surface area contributed by atoms with Crippen LogP contribution < -0.4 is 5.46 Å². The van der Waals surface area contributed by atoms with E-state index in [1.54, 1.807) is 7.11 Å². The van der Waals surface area contributed by atoms with Crippen LogP contribution in [0.3, 0.4) is 0 Å². The molecule has 2 bridgehead atoms. The highest BCUT2D eigenvalue weighted by atomic mass is 16.8. The molecule has 0 radical (unpaired) electrons. The number of rotatable bonds is 4. The van der Waals surface area contributed by atoms with E-state index in [0.717, 1.165) is 5.46 Å². The van der Waals surface area contributed by atoms with Gasteiger partial charge in [0.2, 0.25) is 0 Å². The van der Waals surface area contributed by atoms with E-state index in [-0.39, 0.29) is 13.0 Å². The molecule has 2 saturated heterocycles. The molecule has 0 saturated carbocycles. The van der Waals surface area contributed by atoms with Crippen LogP contribution in [0.15, 0.2) is 12.1 Å². The molecule has 0 aliphatic carbocycles. The second-order valence-corrected chi connectivity index (χ2v) is 6.62. The minimum Gasteiger partial charge on any atom is -0.423 e. The predicted octanol–water partition coefficient (Wildman–Crippen LogP) is 0.956. The predicted molar refractivity (Wildman–Crippen MR) is 88.2 cm³/mol. The number of fused-ring (bicyclic) bond motifs is 2. The fraction of sp³-hybridized carbons (Fsp3) is 0.647. The van der Waals surface area contributed by atoms with Crippen LogP contribution in [0.4, 0.5) is 0 Å². The lowest BCUT2D eigenvalue weighted by molar-refractivity contribution is -0.231. The third-order valence-electron chi connectivity index (χ3n) is 4.82. The van der Waals surface area contributed by atoms with E-state index in [0.29, 0.717) is 6.61 Å². The van der Waals surface area contributed by atoms with Gasteiger partial charge in [-0.15, -0.1) is 0 Å². The van der Waals surface area contributed by atoms with Crippen molar-refractivity contribution in [3.63, 3.8) is 0 Å². The molecule has 3 rings (SSSR count). The first kappa shape index (κ1) is 16.9. The van der Waals surface area contributed by atoms with Crippen LogP contribution in [0.2, 0.25) is 6.82 Å². The summed E-state index contributed by atoms with van der Waals surface area (Å²) < 4.78 is 22.9. The Labute approximate surface area is 138 Å². The Balaban J connectivity index is 1.81. The molecule has 1 aromatic rings. The van der Waals surface area contributed by atoms with Gasteiger partial charge in [0.05, 0.1) is 12.7 Å². The number of hydrogen-bond donors (Lipinski definition) is 1. The van der Waals surface area contributed by atoms with Crippen LogP contribution >= 0.6 is 0 Å². The fourth-order valence-corrected chi connectivity index (χ4v) is 3.91. The molecule has 0 spiro atoms. The van der Waals surface area contributed by atoms with Gasteiger partial charge in [-0.25, -0.2) is 0 Å². The van der Waals surface area contributed by atoms with E-state index < -0.39 is 24.6 Å². The summed E-state index contributed by atoms with van der Waals surface area (Å²) in [5.41, 5.74) is 4.80. The third kappa shape index (κ3) is 3.06. The minimum absolute atomic E-state index is 0.145. The van der Waals surface area contributed by atoms with Gasteiger partial charge < -0.3 is 24.0 Å². The molecule has 2 aliphatic heterocycles. The average molecular weight is 320 g/mol. The van der Waals surface area contributed by atoms with Gasteiger partial charge in [0.15, 0.2) is 6.29 Å². The van der Waals surface area contributed by atoms with E-state index >= 15 is 0 Å². The molecule has 5 atom stereocenters. The van der Waals surface area contributed by atoms with Crippen molar-refractivity contribution in [1.82, 2.24) is 0 Å². The van der Waals surface area contributed by atoms with E-state index in [1.165, 1.54) is 16.7 Å². The maximum absolute atomic E-state index is 10.6. The van der Waals surface area contributed by atoms with Gasteiger partial charge in [-0.2, -0.15) is 0 Å². The molecule has 5 nitrogen and oxygen atoms in total. The zero-order chi connectivity index (χ0) is 16.7. The van der Waals surface area contributed by atoms with Crippen LogP contribution in [0.1, 0.15) is 16.7 Å². The largest absolute Gasteiger partial charge is 0.423 e. The number of aliphatic hydroxyl groups is 1. The molecule has 1 N–H and O–H groups in total. The highest BCUT2D eigenvalue weighted by molar-refractivity contribution is 6.67. The summed E-state index contributed by atoms with van der Waals surface area (Å²) in [6.07, 6.45) is -2.51. The van der Waals surface area contributed by atoms with E-state index in [1.807, 2.05) is 6.82 Å². The molecule has 0 unspecified atom stereocenters. The maximum atomic E-state index is 10.6. The normalized spacial score (nSPS) is 33.0.